The van der Waals surface area contributed by atoms with Crippen LogP contribution in [0.4, 0.5) is 13.2 Å². The Balaban J connectivity index is 2.84. The summed E-state index contributed by atoms with van der Waals surface area (Å²) in [5, 5.41) is 10.2. The summed E-state index contributed by atoms with van der Waals surface area (Å²) in [6.07, 6.45) is -4.65. The highest BCUT2D eigenvalue weighted by molar-refractivity contribution is 7.92. The van der Waals surface area contributed by atoms with Crippen molar-refractivity contribution in [3.8, 4) is 0 Å². The van der Waals surface area contributed by atoms with Crippen LogP contribution in [0.3, 0.4) is 0 Å². The number of hydrogen-bond acceptors (Lipinski definition) is 4. The number of rotatable bonds is 5. The van der Waals surface area contributed by atoms with E-state index < -0.39 is 45.1 Å². The normalized spacial score (nSPS) is 12.0. The van der Waals surface area contributed by atoms with Crippen LogP contribution in [0.5, 0.6) is 0 Å². The lowest BCUT2D eigenvalue weighted by atomic mass is 10.2. The van der Waals surface area contributed by atoms with Crippen molar-refractivity contribution < 1.29 is 36.3 Å². The van der Waals surface area contributed by atoms with E-state index in [1.165, 1.54) is 5.32 Å². The fourth-order valence-electron chi connectivity index (χ4n) is 1.33. The monoisotopic (exact) mass is 325 g/mol. The molecule has 0 spiro atoms. The lowest BCUT2D eigenvalue weighted by Gasteiger charge is -2.09. The van der Waals surface area contributed by atoms with Gasteiger partial charge in [-0.25, -0.2) is 13.2 Å². The maximum atomic E-state index is 11.9. The van der Waals surface area contributed by atoms with Crippen LogP contribution in [0.2, 0.25) is 0 Å². The van der Waals surface area contributed by atoms with Gasteiger partial charge in [-0.05, 0) is 18.2 Å². The third-order valence-corrected chi connectivity index (χ3v) is 3.86. The molecule has 0 aromatic heterocycles. The molecule has 0 atom stereocenters. The molecular formula is C11H10F3NO5S. The van der Waals surface area contributed by atoms with Gasteiger partial charge in [-0.2, -0.15) is 13.2 Å². The molecule has 10 heteroatoms. The van der Waals surface area contributed by atoms with Crippen molar-refractivity contribution in [2.75, 3.05) is 12.3 Å². The predicted molar refractivity (Wildman–Crippen MR) is 64.5 cm³/mol. The Morgan fingerprint density at radius 2 is 1.86 bits per heavy atom. The molecule has 1 aromatic rings. The second kappa shape index (κ2) is 6.12. The largest absolute Gasteiger partial charge is 0.478 e. The minimum Gasteiger partial charge on any atom is -0.478 e. The number of nitrogens with one attached hydrogen (secondary N) is 1. The zero-order valence-electron chi connectivity index (χ0n) is 10.3. The summed E-state index contributed by atoms with van der Waals surface area (Å²) in [5.41, 5.74) is -0.313. The molecule has 1 aromatic carbocycles. The SMILES string of the molecule is O=C(CS(=O)(=O)c1cccc(C(=O)O)c1)NCC(F)(F)F. The van der Waals surface area contributed by atoms with E-state index >= 15 is 0 Å². The van der Waals surface area contributed by atoms with Crippen LogP contribution in [0.1, 0.15) is 10.4 Å². The van der Waals surface area contributed by atoms with Crippen molar-refractivity contribution in [2.45, 2.75) is 11.1 Å². The van der Waals surface area contributed by atoms with Gasteiger partial charge in [0.1, 0.15) is 12.3 Å². The molecule has 6 nitrogen and oxygen atoms in total. The fraction of sp³-hybridized carbons (Fsp3) is 0.273. The number of halogens is 3. The Kier molecular flexibility index (Phi) is 4.94. The van der Waals surface area contributed by atoms with E-state index in [0.717, 1.165) is 24.3 Å². The Bertz CT molecular complexity index is 654. The third kappa shape index (κ3) is 5.42. The summed E-state index contributed by atoms with van der Waals surface area (Å²) >= 11 is 0. The molecule has 0 fully saturated rings. The summed E-state index contributed by atoms with van der Waals surface area (Å²) in [7, 11) is -4.23. The van der Waals surface area contributed by atoms with Crippen molar-refractivity contribution >= 4 is 21.7 Å². The Morgan fingerprint density at radius 3 is 2.38 bits per heavy atom. The van der Waals surface area contributed by atoms with Crippen LogP contribution in [0.15, 0.2) is 29.2 Å². The number of aromatic carboxylic acids is 1. The molecule has 0 heterocycles. The van der Waals surface area contributed by atoms with E-state index in [-0.39, 0.29) is 5.56 Å². The average molecular weight is 325 g/mol. The van der Waals surface area contributed by atoms with Crippen LogP contribution in [0.25, 0.3) is 0 Å². The number of sulfone groups is 1. The van der Waals surface area contributed by atoms with E-state index in [4.69, 9.17) is 5.11 Å². The first kappa shape index (κ1) is 17.0. The van der Waals surface area contributed by atoms with Gasteiger partial charge in [-0.1, -0.05) is 6.07 Å². The molecule has 0 unspecified atom stereocenters. The van der Waals surface area contributed by atoms with Gasteiger partial charge < -0.3 is 10.4 Å². The predicted octanol–water partition coefficient (Wildman–Crippen LogP) is 0.837. The van der Waals surface area contributed by atoms with Crippen molar-refractivity contribution in [3.63, 3.8) is 0 Å². The van der Waals surface area contributed by atoms with Gasteiger partial charge >= 0.3 is 12.1 Å². The molecular weight excluding hydrogens is 315 g/mol. The van der Waals surface area contributed by atoms with Crippen molar-refractivity contribution in [2.24, 2.45) is 0 Å². The van der Waals surface area contributed by atoms with Gasteiger partial charge in [0.05, 0.1) is 10.5 Å². The number of carbonyl (C=O) groups is 2. The Hall–Kier alpha value is -2.10. The molecule has 1 rings (SSSR count). The number of carboxylic acids is 1. The fourth-order valence-corrected chi connectivity index (χ4v) is 2.53. The van der Waals surface area contributed by atoms with Crippen molar-refractivity contribution in [3.05, 3.63) is 29.8 Å². The molecule has 0 saturated heterocycles. The number of carbonyl (C=O) groups excluding carboxylic acids is 1. The summed E-state index contributed by atoms with van der Waals surface area (Å²) in [4.78, 5) is 21.5. The van der Waals surface area contributed by atoms with Crippen LogP contribution in [-0.2, 0) is 14.6 Å². The summed E-state index contributed by atoms with van der Waals surface area (Å²) in [6.45, 7) is -1.64. The maximum absolute atomic E-state index is 11.9. The van der Waals surface area contributed by atoms with Crippen LogP contribution in [0, 0.1) is 0 Å². The van der Waals surface area contributed by atoms with Gasteiger partial charge in [0.2, 0.25) is 5.91 Å². The molecule has 0 bridgehead atoms. The molecule has 116 valence electrons. The first-order valence-electron chi connectivity index (χ1n) is 5.41. The first-order valence-corrected chi connectivity index (χ1v) is 7.06. The quantitative estimate of drug-likeness (QED) is 0.835. The molecule has 0 aliphatic rings. The third-order valence-electron chi connectivity index (χ3n) is 2.25. The highest BCUT2D eigenvalue weighted by atomic mass is 32.2. The van der Waals surface area contributed by atoms with Gasteiger partial charge in [0.25, 0.3) is 0 Å². The smallest absolute Gasteiger partial charge is 0.405 e. The topological polar surface area (TPSA) is 101 Å². The van der Waals surface area contributed by atoms with Gasteiger partial charge in [0, 0.05) is 0 Å². The van der Waals surface area contributed by atoms with Crippen LogP contribution in [-0.4, -0.2) is 43.9 Å². The van der Waals surface area contributed by atoms with Gasteiger partial charge in [-0.15, -0.1) is 0 Å². The number of hydrogen-bond donors (Lipinski definition) is 2. The molecule has 2 N–H and O–H groups in total. The summed E-state index contributed by atoms with van der Waals surface area (Å²) < 4.78 is 59.3. The minimum absolute atomic E-state index is 0.313. The van der Waals surface area contributed by atoms with Crippen LogP contribution >= 0.6 is 0 Å². The van der Waals surface area contributed by atoms with Crippen molar-refractivity contribution in [1.82, 2.24) is 5.32 Å². The average Bonchev–Trinajstić information content (AvgIpc) is 2.35. The van der Waals surface area contributed by atoms with E-state index in [1.807, 2.05) is 0 Å². The zero-order valence-corrected chi connectivity index (χ0v) is 11.2. The highest BCUT2D eigenvalue weighted by Crippen LogP contribution is 2.15. The summed E-state index contributed by atoms with van der Waals surface area (Å²) in [5.74, 6) is -3.90. The second-order valence-corrected chi connectivity index (χ2v) is 5.97. The highest BCUT2D eigenvalue weighted by Gasteiger charge is 2.29. The Labute approximate surface area is 117 Å². The van der Waals surface area contributed by atoms with E-state index in [1.54, 1.807) is 0 Å². The van der Waals surface area contributed by atoms with Gasteiger partial charge in [0.15, 0.2) is 9.84 Å². The molecule has 0 aliphatic heterocycles. The lowest BCUT2D eigenvalue weighted by Crippen LogP contribution is -2.37. The minimum atomic E-state index is -4.65. The van der Waals surface area contributed by atoms with Gasteiger partial charge in [-0.3, -0.25) is 4.79 Å². The lowest BCUT2D eigenvalue weighted by molar-refractivity contribution is -0.137. The van der Waals surface area contributed by atoms with E-state index in [0.29, 0.717) is 0 Å². The molecule has 0 radical (unpaired) electrons. The molecule has 0 aliphatic carbocycles. The number of benzene rings is 1. The van der Waals surface area contributed by atoms with E-state index in [2.05, 4.69) is 0 Å². The number of amides is 1. The van der Waals surface area contributed by atoms with E-state index in [9.17, 15) is 31.2 Å². The van der Waals surface area contributed by atoms with Crippen molar-refractivity contribution in [1.29, 1.82) is 0 Å². The second-order valence-electron chi connectivity index (χ2n) is 3.98. The number of alkyl halides is 3. The molecule has 1 amide bonds. The summed E-state index contributed by atoms with van der Waals surface area (Å²) in [6, 6.07) is 4.18. The number of carboxylic acid groups (broad SMARTS) is 1. The first-order chi connectivity index (χ1) is 9.51. The molecule has 21 heavy (non-hydrogen) atoms. The zero-order chi connectivity index (χ0) is 16.3. The van der Waals surface area contributed by atoms with Crippen LogP contribution < -0.4 is 5.32 Å². The molecule has 0 saturated carbocycles. The standard InChI is InChI=1S/C11H10F3NO5S/c12-11(13,14)6-15-9(16)5-21(19,20)8-3-1-2-7(4-8)10(17)18/h1-4H,5-6H2,(H,15,16)(H,17,18). The maximum Gasteiger partial charge on any atom is 0.405 e. The Morgan fingerprint density at radius 1 is 1.24 bits per heavy atom.